The van der Waals surface area contributed by atoms with Crippen LogP contribution < -0.4 is 4.90 Å². The molecular formula is C23H28N2O6. The number of carbonyl (C=O) groups is 3. The highest BCUT2D eigenvalue weighted by Gasteiger charge is 2.74. The van der Waals surface area contributed by atoms with Crippen molar-refractivity contribution in [1.29, 1.82) is 0 Å². The topological polar surface area (TPSA) is 107 Å². The monoisotopic (exact) mass is 428 g/mol. The van der Waals surface area contributed by atoms with Gasteiger partial charge in [0.25, 0.3) is 5.91 Å². The number of aryl methyl sites for hydroxylation is 2. The van der Waals surface area contributed by atoms with Gasteiger partial charge in [-0.25, -0.2) is 0 Å². The fourth-order valence-electron chi connectivity index (χ4n) is 5.66. The van der Waals surface area contributed by atoms with Crippen molar-refractivity contribution >= 4 is 23.5 Å². The van der Waals surface area contributed by atoms with E-state index in [1.165, 1.54) is 4.90 Å². The van der Waals surface area contributed by atoms with E-state index in [9.17, 15) is 24.6 Å². The second kappa shape index (κ2) is 7.76. The van der Waals surface area contributed by atoms with Gasteiger partial charge >= 0.3 is 5.97 Å². The normalized spacial score (nSPS) is 31.1. The Morgan fingerprint density at radius 3 is 2.77 bits per heavy atom. The first-order valence-electron chi connectivity index (χ1n) is 10.6. The van der Waals surface area contributed by atoms with Crippen LogP contribution in [0.5, 0.6) is 0 Å². The van der Waals surface area contributed by atoms with E-state index >= 15 is 0 Å². The van der Waals surface area contributed by atoms with Gasteiger partial charge < -0.3 is 24.7 Å². The van der Waals surface area contributed by atoms with Crippen LogP contribution in [-0.2, 0) is 19.1 Å². The molecule has 1 spiro atoms. The van der Waals surface area contributed by atoms with Gasteiger partial charge in [-0.05, 0) is 43.9 Å². The molecule has 0 aliphatic carbocycles. The number of anilines is 1. The summed E-state index contributed by atoms with van der Waals surface area (Å²) in [6.45, 7) is 7.47. The number of fused-ring (bicyclic) bond motifs is 1. The number of carbonyl (C=O) groups excluding carboxylic acids is 2. The molecule has 3 heterocycles. The number of β-amino-alcohol motifs (C(OH)–C–C–N with tert-alkyl or cyclic N) is 1. The van der Waals surface area contributed by atoms with Gasteiger partial charge in [0.05, 0.1) is 24.5 Å². The zero-order valence-corrected chi connectivity index (χ0v) is 17.8. The molecule has 8 nitrogen and oxygen atoms in total. The Balaban J connectivity index is 1.80. The summed E-state index contributed by atoms with van der Waals surface area (Å²) in [4.78, 5) is 42.2. The molecule has 31 heavy (non-hydrogen) atoms. The summed E-state index contributed by atoms with van der Waals surface area (Å²) in [6, 6.07) is 4.80. The smallest absolute Gasteiger partial charge is 0.310 e. The maximum absolute atomic E-state index is 14.0. The predicted octanol–water partition coefficient (Wildman–Crippen LogP) is 1.27. The molecule has 3 aliphatic heterocycles. The number of rotatable bonds is 7. The lowest BCUT2D eigenvalue weighted by Crippen LogP contribution is -2.57. The summed E-state index contributed by atoms with van der Waals surface area (Å²) in [6.07, 6.45) is 1.97. The summed E-state index contributed by atoms with van der Waals surface area (Å²) in [5.41, 5.74) is 1.41. The van der Waals surface area contributed by atoms with Crippen LogP contribution in [0.1, 0.15) is 24.0 Å². The van der Waals surface area contributed by atoms with Crippen LogP contribution in [0.2, 0.25) is 0 Å². The third kappa shape index (κ3) is 3.08. The summed E-state index contributed by atoms with van der Waals surface area (Å²) in [5.74, 6) is -3.76. The van der Waals surface area contributed by atoms with Crippen LogP contribution >= 0.6 is 0 Å². The SMILES string of the molecule is C=CCN(C(=O)C1N(CCO)C(=O)[C@@H]2[C@H](C(=O)O)[C@@H]3CCC12O3)c1cc(C)ccc1C. The number of hydrogen-bond donors (Lipinski definition) is 2. The quantitative estimate of drug-likeness (QED) is 0.634. The second-order valence-electron chi connectivity index (χ2n) is 8.68. The second-order valence-corrected chi connectivity index (χ2v) is 8.68. The Morgan fingerprint density at radius 1 is 1.39 bits per heavy atom. The molecule has 5 atom stereocenters. The number of aliphatic hydroxyl groups excluding tert-OH is 1. The number of amides is 2. The van der Waals surface area contributed by atoms with Gasteiger partial charge in [-0.15, -0.1) is 6.58 Å². The van der Waals surface area contributed by atoms with Gasteiger partial charge in [-0.1, -0.05) is 18.2 Å². The number of nitrogens with zero attached hydrogens (tertiary/aromatic N) is 2. The highest BCUT2D eigenvalue weighted by atomic mass is 16.5. The minimum absolute atomic E-state index is 0.0530. The molecule has 2 bridgehead atoms. The Kier molecular flexibility index (Phi) is 5.39. The number of aliphatic hydroxyl groups is 1. The number of benzene rings is 1. The summed E-state index contributed by atoms with van der Waals surface area (Å²) in [7, 11) is 0. The average Bonchev–Trinajstić information content (AvgIpc) is 3.36. The van der Waals surface area contributed by atoms with Crippen molar-refractivity contribution < 1.29 is 29.3 Å². The number of aliphatic carboxylic acids is 1. The van der Waals surface area contributed by atoms with E-state index in [2.05, 4.69) is 6.58 Å². The fourth-order valence-corrected chi connectivity index (χ4v) is 5.66. The molecule has 0 radical (unpaired) electrons. The van der Waals surface area contributed by atoms with E-state index in [0.29, 0.717) is 18.5 Å². The number of carboxylic acid groups (broad SMARTS) is 1. The van der Waals surface area contributed by atoms with Crippen LogP contribution in [-0.4, -0.2) is 70.3 Å². The summed E-state index contributed by atoms with van der Waals surface area (Å²) >= 11 is 0. The number of hydrogen-bond acceptors (Lipinski definition) is 5. The standard InChI is InChI=1S/C23H28N2O6/c1-4-9-24(15-12-13(2)5-6-14(15)3)21(28)19-23-8-7-16(31-23)17(22(29)30)18(23)20(27)25(19)10-11-26/h4-6,12,16-19,26H,1,7-11H2,2-3H3,(H,29,30)/t16-,17+,18-,19?,23?/m0/s1. The number of ether oxygens (including phenoxy) is 1. The first-order valence-corrected chi connectivity index (χ1v) is 10.6. The highest BCUT2D eigenvalue weighted by molar-refractivity contribution is 6.05. The van der Waals surface area contributed by atoms with E-state index in [4.69, 9.17) is 4.74 Å². The Hall–Kier alpha value is -2.71. The van der Waals surface area contributed by atoms with Crippen LogP contribution in [0, 0.1) is 25.7 Å². The fraction of sp³-hybridized carbons (Fsp3) is 0.522. The van der Waals surface area contributed by atoms with Crippen molar-refractivity contribution in [3.63, 3.8) is 0 Å². The van der Waals surface area contributed by atoms with Crippen LogP contribution in [0.25, 0.3) is 0 Å². The Labute approximate surface area is 181 Å². The summed E-state index contributed by atoms with van der Waals surface area (Å²) in [5, 5.41) is 19.4. The van der Waals surface area contributed by atoms with E-state index in [1.54, 1.807) is 11.0 Å². The molecule has 2 unspecified atom stereocenters. The Bertz CT molecular complexity index is 946. The molecule has 3 saturated heterocycles. The lowest BCUT2D eigenvalue weighted by molar-refractivity contribution is -0.149. The number of likely N-dealkylation sites (tertiary alicyclic amines) is 1. The molecule has 3 fully saturated rings. The molecule has 3 aliphatic rings. The Morgan fingerprint density at radius 2 is 2.13 bits per heavy atom. The molecule has 4 rings (SSSR count). The van der Waals surface area contributed by atoms with E-state index in [1.807, 2.05) is 32.0 Å². The van der Waals surface area contributed by atoms with Gasteiger partial charge in [0.2, 0.25) is 5.91 Å². The van der Waals surface area contributed by atoms with Crippen molar-refractivity contribution in [3.05, 3.63) is 42.0 Å². The van der Waals surface area contributed by atoms with E-state index in [-0.39, 0.29) is 25.6 Å². The van der Waals surface area contributed by atoms with Gasteiger partial charge in [-0.3, -0.25) is 14.4 Å². The molecule has 0 saturated carbocycles. The molecule has 1 aromatic rings. The molecule has 2 N–H and O–H groups in total. The molecule has 166 valence electrons. The largest absolute Gasteiger partial charge is 0.481 e. The van der Waals surface area contributed by atoms with Gasteiger partial charge in [0.1, 0.15) is 11.6 Å². The van der Waals surface area contributed by atoms with Gasteiger partial charge in [0, 0.05) is 18.8 Å². The first kappa shape index (κ1) is 21.5. The van der Waals surface area contributed by atoms with Crippen molar-refractivity contribution in [2.24, 2.45) is 11.8 Å². The van der Waals surface area contributed by atoms with E-state index < -0.39 is 41.5 Å². The lowest BCUT2D eigenvalue weighted by atomic mass is 9.70. The highest BCUT2D eigenvalue weighted by Crippen LogP contribution is 2.58. The predicted molar refractivity (Wildman–Crippen MR) is 113 cm³/mol. The minimum Gasteiger partial charge on any atom is -0.481 e. The molecule has 1 aromatic carbocycles. The molecule has 2 amide bonds. The number of carboxylic acids is 1. The molecule has 0 aromatic heterocycles. The van der Waals surface area contributed by atoms with Gasteiger partial charge in [0.15, 0.2) is 0 Å². The summed E-state index contributed by atoms with van der Waals surface area (Å²) < 4.78 is 6.16. The third-order valence-corrected chi connectivity index (χ3v) is 6.89. The lowest BCUT2D eigenvalue weighted by Gasteiger charge is -2.37. The molecular weight excluding hydrogens is 400 g/mol. The van der Waals surface area contributed by atoms with Crippen molar-refractivity contribution in [1.82, 2.24) is 4.90 Å². The van der Waals surface area contributed by atoms with Crippen LogP contribution in [0.4, 0.5) is 5.69 Å². The van der Waals surface area contributed by atoms with Crippen molar-refractivity contribution in [2.45, 2.75) is 44.4 Å². The average molecular weight is 428 g/mol. The zero-order valence-electron chi connectivity index (χ0n) is 17.8. The van der Waals surface area contributed by atoms with Crippen LogP contribution in [0.3, 0.4) is 0 Å². The first-order chi connectivity index (χ1) is 14.8. The molecule has 8 heteroatoms. The third-order valence-electron chi connectivity index (χ3n) is 6.89. The zero-order chi connectivity index (χ0) is 22.5. The van der Waals surface area contributed by atoms with Gasteiger partial charge in [-0.2, -0.15) is 0 Å². The maximum atomic E-state index is 14.0. The van der Waals surface area contributed by atoms with Crippen molar-refractivity contribution in [3.8, 4) is 0 Å². The van der Waals surface area contributed by atoms with E-state index in [0.717, 1.165) is 11.1 Å². The maximum Gasteiger partial charge on any atom is 0.310 e. The minimum atomic E-state index is -1.19. The van der Waals surface area contributed by atoms with Crippen molar-refractivity contribution in [2.75, 3.05) is 24.6 Å². The van der Waals surface area contributed by atoms with Crippen LogP contribution in [0.15, 0.2) is 30.9 Å².